The van der Waals surface area contributed by atoms with E-state index >= 15 is 0 Å². The maximum absolute atomic E-state index is 11.1. The quantitative estimate of drug-likeness (QED) is 0.440. The first-order chi connectivity index (χ1) is 9.51. The van der Waals surface area contributed by atoms with Gasteiger partial charge >= 0.3 is 5.69 Å². The van der Waals surface area contributed by atoms with Gasteiger partial charge in [-0.25, -0.2) is 10.8 Å². The van der Waals surface area contributed by atoms with Crippen molar-refractivity contribution in [3.05, 3.63) is 37.2 Å². The minimum atomic E-state index is -0.528. The Hall–Kier alpha value is -1.97. The van der Waals surface area contributed by atoms with Gasteiger partial charge in [0.05, 0.1) is 15.8 Å². The van der Waals surface area contributed by atoms with Gasteiger partial charge in [0, 0.05) is 4.88 Å². The van der Waals surface area contributed by atoms with Crippen LogP contribution in [0.1, 0.15) is 10.6 Å². The van der Waals surface area contributed by atoms with Gasteiger partial charge in [0.15, 0.2) is 0 Å². The molecule has 0 aliphatic heterocycles. The van der Waals surface area contributed by atoms with Gasteiger partial charge in [0.25, 0.3) is 0 Å². The molecule has 10 heteroatoms. The number of nitrogens with zero attached hydrogens (tertiary/aromatic N) is 3. The number of nitrogen functional groups attached to an aromatic ring is 1. The zero-order valence-electron chi connectivity index (χ0n) is 10.4. The molecule has 2 rings (SSSR count). The number of nitrogens with two attached hydrogens (primary N) is 1. The highest BCUT2D eigenvalue weighted by Gasteiger charge is 2.21. The number of aromatic nitrogens is 2. The summed E-state index contributed by atoms with van der Waals surface area (Å²) >= 11 is 7.21. The van der Waals surface area contributed by atoms with Crippen LogP contribution in [0.2, 0.25) is 4.34 Å². The summed E-state index contributed by atoms with van der Waals surface area (Å²) < 4.78 is 0.652. The summed E-state index contributed by atoms with van der Waals surface area (Å²) in [5, 5.41) is 14.0. The highest BCUT2D eigenvalue weighted by molar-refractivity contribution is 7.16. The number of nitrogens with one attached hydrogen (secondary N) is 2. The Balaban J connectivity index is 2.28. The average molecular weight is 315 g/mol. The summed E-state index contributed by atoms with van der Waals surface area (Å²) in [5.41, 5.74) is 2.33. The number of nitro groups is 1. The number of rotatable bonds is 5. The molecule has 0 bridgehead atoms. The molecule has 0 saturated carbocycles. The fraction of sp³-hybridized carbons (Fsp3) is 0.200. The summed E-state index contributed by atoms with van der Waals surface area (Å²) in [4.78, 5) is 19.3. The van der Waals surface area contributed by atoms with E-state index in [-0.39, 0.29) is 23.1 Å². The van der Waals surface area contributed by atoms with Crippen molar-refractivity contribution in [3.63, 3.8) is 0 Å². The Labute approximate surface area is 123 Å². The number of hydrazine groups is 1. The van der Waals surface area contributed by atoms with Crippen molar-refractivity contribution in [1.82, 2.24) is 9.97 Å². The maximum Gasteiger partial charge on any atom is 0.332 e. The van der Waals surface area contributed by atoms with Crippen molar-refractivity contribution in [3.8, 4) is 0 Å². The van der Waals surface area contributed by atoms with Crippen LogP contribution in [0, 0.1) is 17.0 Å². The number of thiophene rings is 1. The fourth-order valence-electron chi connectivity index (χ4n) is 1.59. The van der Waals surface area contributed by atoms with Crippen LogP contribution in [-0.2, 0) is 6.54 Å². The first-order valence-corrected chi connectivity index (χ1v) is 6.68. The summed E-state index contributed by atoms with van der Waals surface area (Å²) in [6, 6.07) is 3.59. The summed E-state index contributed by atoms with van der Waals surface area (Å²) in [7, 11) is 0. The predicted octanol–water partition coefficient (Wildman–Crippen LogP) is 2.31. The highest BCUT2D eigenvalue weighted by Crippen LogP contribution is 2.28. The third-order valence-corrected chi connectivity index (χ3v) is 3.66. The van der Waals surface area contributed by atoms with Crippen LogP contribution in [-0.4, -0.2) is 14.9 Å². The van der Waals surface area contributed by atoms with E-state index in [9.17, 15) is 10.1 Å². The lowest BCUT2D eigenvalue weighted by Crippen LogP contribution is -2.14. The Bertz CT molecular complexity index is 647. The van der Waals surface area contributed by atoms with Gasteiger partial charge in [-0.2, -0.15) is 4.98 Å². The Kier molecular flexibility index (Phi) is 4.32. The SMILES string of the molecule is Cc1nc(NN)nc(NCc2ccc(Cl)s2)c1[N+](=O)[O-]. The topological polar surface area (TPSA) is 119 Å². The van der Waals surface area contributed by atoms with Gasteiger partial charge in [-0.1, -0.05) is 11.6 Å². The molecule has 0 unspecified atom stereocenters. The Morgan fingerprint density at radius 2 is 2.25 bits per heavy atom. The van der Waals surface area contributed by atoms with Crippen molar-refractivity contribution in [2.75, 3.05) is 10.7 Å². The van der Waals surface area contributed by atoms with Crippen LogP contribution in [0.4, 0.5) is 17.5 Å². The minimum Gasteiger partial charge on any atom is -0.359 e. The molecule has 0 aromatic carbocycles. The summed E-state index contributed by atoms with van der Waals surface area (Å²) in [5.74, 6) is 5.46. The van der Waals surface area contributed by atoms with E-state index in [2.05, 4.69) is 20.7 Å². The van der Waals surface area contributed by atoms with Crippen molar-refractivity contribution in [2.24, 2.45) is 5.84 Å². The van der Waals surface area contributed by atoms with Crippen LogP contribution in [0.25, 0.3) is 0 Å². The van der Waals surface area contributed by atoms with Gasteiger partial charge in [-0.3, -0.25) is 15.5 Å². The van der Waals surface area contributed by atoms with Crippen LogP contribution >= 0.6 is 22.9 Å². The molecule has 0 fully saturated rings. The van der Waals surface area contributed by atoms with Gasteiger partial charge in [0.1, 0.15) is 5.69 Å². The number of anilines is 2. The van der Waals surface area contributed by atoms with E-state index in [1.165, 1.54) is 18.3 Å². The molecule has 2 heterocycles. The lowest BCUT2D eigenvalue weighted by Gasteiger charge is -2.08. The molecule has 2 aromatic rings. The van der Waals surface area contributed by atoms with Crippen molar-refractivity contribution >= 4 is 40.4 Å². The third kappa shape index (κ3) is 3.13. The molecular weight excluding hydrogens is 304 g/mol. The molecule has 0 radical (unpaired) electrons. The summed E-state index contributed by atoms with van der Waals surface area (Å²) in [6.07, 6.45) is 0. The smallest absolute Gasteiger partial charge is 0.332 e. The van der Waals surface area contributed by atoms with E-state index in [4.69, 9.17) is 17.4 Å². The second kappa shape index (κ2) is 5.99. The largest absolute Gasteiger partial charge is 0.359 e. The first-order valence-electron chi connectivity index (χ1n) is 5.49. The van der Waals surface area contributed by atoms with E-state index in [1.807, 2.05) is 6.07 Å². The number of halogens is 1. The standard InChI is InChI=1S/C10H11ClN6O2S/c1-5-8(17(18)19)9(15-10(14-5)16-12)13-4-6-2-3-7(11)20-6/h2-3H,4,12H2,1H3,(H2,13,14,15,16). The van der Waals surface area contributed by atoms with Crippen molar-refractivity contribution < 1.29 is 4.92 Å². The number of hydrogen-bond donors (Lipinski definition) is 3. The highest BCUT2D eigenvalue weighted by atomic mass is 35.5. The Morgan fingerprint density at radius 1 is 1.50 bits per heavy atom. The van der Waals surface area contributed by atoms with E-state index in [1.54, 1.807) is 6.07 Å². The van der Waals surface area contributed by atoms with Crippen molar-refractivity contribution in [2.45, 2.75) is 13.5 Å². The van der Waals surface area contributed by atoms with E-state index < -0.39 is 4.92 Å². The predicted molar refractivity (Wildman–Crippen MR) is 77.9 cm³/mol. The lowest BCUT2D eigenvalue weighted by molar-refractivity contribution is -0.385. The molecule has 20 heavy (non-hydrogen) atoms. The van der Waals surface area contributed by atoms with Gasteiger partial charge in [0.2, 0.25) is 11.8 Å². The Morgan fingerprint density at radius 3 is 2.80 bits per heavy atom. The lowest BCUT2D eigenvalue weighted by atomic mass is 10.3. The zero-order chi connectivity index (χ0) is 14.7. The maximum atomic E-state index is 11.1. The minimum absolute atomic E-state index is 0.111. The molecule has 8 nitrogen and oxygen atoms in total. The van der Waals surface area contributed by atoms with Crippen LogP contribution in [0.5, 0.6) is 0 Å². The molecule has 0 amide bonds. The molecule has 4 N–H and O–H groups in total. The van der Waals surface area contributed by atoms with E-state index in [0.717, 1.165) is 4.88 Å². The molecule has 0 spiro atoms. The molecular formula is C10H11ClN6O2S. The van der Waals surface area contributed by atoms with E-state index in [0.29, 0.717) is 10.9 Å². The van der Waals surface area contributed by atoms with Gasteiger partial charge in [-0.15, -0.1) is 11.3 Å². The molecule has 0 aliphatic carbocycles. The number of hydrogen-bond acceptors (Lipinski definition) is 8. The number of aryl methyl sites for hydroxylation is 1. The normalized spacial score (nSPS) is 10.3. The second-order valence-corrected chi connectivity index (χ2v) is 5.59. The average Bonchev–Trinajstić information content (AvgIpc) is 2.81. The monoisotopic (exact) mass is 314 g/mol. The van der Waals surface area contributed by atoms with Crippen LogP contribution in [0.3, 0.4) is 0 Å². The first kappa shape index (κ1) is 14.4. The summed E-state index contributed by atoms with van der Waals surface area (Å²) in [6.45, 7) is 1.90. The molecule has 0 aliphatic rings. The second-order valence-electron chi connectivity index (χ2n) is 3.79. The van der Waals surface area contributed by atoms with Gasteiger partial charge in [-0.05, 0) is 19.1 Å². The third-order valence-electron chi connectivity index (χ3n) is 2.43. The van der Waals surface area contributed by atoms with Gasteiger partial charge < -0.3 is 5.32 Å². The fourth-order valence-corrected chi connectivity index (χ4v) is 2.62. The van der Waals surface area contributed by atoms with Crippen LogP contribution < -0.4 is 16.6 Å². The molecule has 0 saturated heterocycles. The van der Waals surface area contributed by atoms with Crippen LogP contribution in [0.15, 0.2) is 12.1 Å². The molecule has 106 valence electrons. The van der Waals surface area contributed by atoms with Crippen molar-refractivity contribution in [1.29, 1.82) is 0 Å². The molecule has 0 atom stereocenters. The molecule has 2 aromatic heterocycles. The zero-order valence-corrected chi connectivity index (χ0v) is 12.0.